The van der Waals surface area contributed by atoms with Gasteiger partial charge in [-0.25, -0.2) is 0 Å². The van der Waals surface area contributed by atoms with Gasteiger partial charge < -0.3 is 14.0 Å². The van der Waals surface area contributed by atoms with E-state index in [0.717, 1.165) is 94.8 Å². The summed E-state index contributed by atoms with van der Waals surface area (Å²) in [5, 5.41) is 15.1. The molecule has 1 aliphatic rings. The molecule has 8 heteroatoms. The molecular formula is C30H32N6OS. The topological polar surface area (TPSA) is 72.9 Å². The van der Waals surface area contributed by atoms with Crippen molar-refractivity contribution in [2.24, 2.45) is 7.05 Å². The van der Waals surface area contributed by atoms with Crippen molar-refractivity contribution in [3.8, 4) is 22.7 Å². The molecule has 0 aliphatic carbocycles. The van der Waals surface area contributed by atoms with Crippen molar-refractivity contribution in [3.63, 3.8) is 0 Å². The van der Waals surface area contributed by atoms with Crippen LogP contribution in [0.25, 0.3) is 33.6 Å². The van der Waals surface area contributed by atoms with E-state index in [9.17, 15) is 0 Å². The fourth-order valence-corrected chi connectivity index (χ4v) is 5.99. The van der Waals surface area contributed by atoms with E-state index < -0.39 is 0 Å². The zero-order valence-electron chi connectivity index (χ0n) is 22.1. The molecule has 4 heterocycles. The molecule has 1 aliphatic heterocycles. The minimum atomic E-state index is 0.850. The van der Waals surface area contributed by atoms with Crippen molar-refractivity contribution in [1.29, 1.82) is 0 Å². The van der Waals surface area contributed by atoms with E-state index in [-0.39, 0.29) is 0 Å². The molecule has 0 unspecified atom stereocenters. The van der Waals surface area contributed by atoms with E-state index in [2.05, 4.69) is 79.3 Å². The standard InChI is InChI=1S/C30H32N6OS/c1-20-5-6-24-19-26(9-10-27(24)31-20)29-32-33-30(35(29)3)38-16-4-13-36-14-11-22-7-8-25(18-23(22)12-15-36)28-17-21(2)34-37-28/h5-10,17-19H,4,11-16H2,1-3H3. The van der Waals surface area contributed by atoms with Gasteiger partial charge in [0.2, 0.25) is 0 Å². The average molecular weight is 525 g/mol. The minimum Gasteiger partial charge on any atom is -0.356 e. The Morgan fingerprint density at radius 1 is 0.868 bits per heavy atom. The second-order valence-corrected chi connectivity index (χ2v) is 11.1. The summed E-state index contributed by atoms with van der Waals surface area (Å²) in [6.45, 7) is 7.25. The smallest absolute Gasteiger partial charge is 0.191 e. The molecule has 0 saturated heterocycles. The Labute approximate surface area is 227 Å². The summed E-state index contributed by atoms with van der Waals surface area (Å²) >= 11 is 1.78. The van der Waals surface area contributed by atoms with Gasteiger partial charge in [0.05, 0.1) is 11.2 Å². The van der Waals surface area contributed by atoms with Crippen LogP contribution in [-0.2, 0) is 19.9 Å². The summed E-state index contributed by atoms with van der Waals surface area (Å²) in [6.07, 6.45) is 3.27. The Kier molecular flexibility index (Phi) is 7.00. The molecule has 0 atom stereocenters. The zero-order valence-corrected chi connectivity index (χ0v) is 23.0. The number of hydrogen-bond acceptors (Lipinski definition) is 7. The maximum atomic E-state index is 5.47. The highest BCUT2D eigenvalue weighted by Gasteiger charge is 2.16. The number of benzene rings is 2. The van der Waals surface area contributed by atoms with Crippen LogP contribution in [0.4, 0.5) is 0 Å². The molecule has 0 N–H and O–H groups in total. The van der Waals surface area contributed by atoms with Gasteiger partial charge in [-0.15, -0.1) is 10.2 Å². The van der Waals surface area contributed by atoms with Gasteiger partial charge >= 0.3 is 0 Å². The normalized spacial score (nSPS) is 14.1. The first-order valence-electron chi connectivity index (χ1n) is 13.2. The van der Waals surface area contributed by atoms with E-state index in [0.29, 0.717) is 0 Å². The number of hydrogen-bond donors (Lipinski definition) is 0. The van der Waals surface area contributed by atoms with Crippen molar-refractivity contribution in [1.82, 2.24) is 29.8 Å². The highest BCUT2D eigenvalue weighted by atomic mass is 32.2. The molecule has 6 rings (SSSR count). The van der Waals surface area contributed by atoms with Crippen molar-refractivity contribution < 1.29 is 4.52 Å². The first-order chi connectivity index (χ1) is 18.5. The molecule has 3 aromatic heterocycles. The number of aryl methyl sites for hydroxylation is 2. The Bertz CT molecular complexity index is 1590. The molecule has 0 saturated carbocycles. The maximum Gasteiger partial charge on any atom is 0.191 e. The van der Waals surface area contributed by atoms with Crippen molar-refractivity contribution in [3.05, 3.63) is 77.1 Å². The fraction of sp³-hybridized carbons (Fsp3) is 0.333. The lowest BCUT2D eigenvalue weighted by atomic mass is 9.99. The lowest BCUT2D eigenvalue weighted by Gasteiger charge is -2.19. The van der Waals surface area contributed by atoms with Gasteiger partial charge in [0, 0.05) is 54.2 Å². The molecule has 38 heavy (non-hydrogen) atoms. The lowest BCUT2D eigenvalue weighted by Crippen LogP contribution is -2.27. The zero-order chi connectivity index (χ0) is 26.1. The van der Waals surface area contributed by atoms with Crippen molar-refractivity contribution in [2.75, 3.05) is 25.4 Å². The number of pyridine rings is 1. The highest BCUT2D eigenvalue weighted by molar-refractivity contribution is 7.99. The highest BCUT2D eigenvalue weighted by Crippen LogP contribution is 2.27. The van der Waals surface area contributed by atoms with Crippen LogP contribution in [0.15, 0.2) is 64.3 Å². The SMILES string of the molecule is Cc1cc(-c2ccc3c(c2)CCN(CCCSc2nnc(-c4ccc5nc(C)ccc5c4)n2C)CC3)on1. The molecule has 0 amide bonds. The van der Waals surface area contributed by atoms with Gasteiger partial charge in [0.25, 0.3) is 0 Å². The molecule has 0 bridgehead atoms. The summed E-state index contributed by atoms with van der Waals surface area (Å²) in [5.74, 6) is 2.76. The quantitative estimate of drug-likeness (QED) is 0.194. The van der Waals surface area contributed by atoms with Gasteiger partial charge in [-0.3, -0.25) is 4.98 Å². The first-order valence-corrected chi connectivity index (χ1v) is 14.2. The summed E-state index contributed by atoms with van der Waals surface area (Å²) in [6, 6.07) is 19.2. The lowest BCUT2D eigenvalue weighted by molar-refractivity contribution is 0.289. The molecule has 0 radical (unpaired) electrons. The third kappa shape index (κ3) is 5.24. The van der Waals surface area contributed by atoms with Gasteiger partial charge in [0.15, 0.2) is 16.7 Å². The molecular weight excluding hydrogens is 492 g/mol. The Balaban J connectivity index is 1.03. The van der Waals surface area contributed by atoms with Crippen LogP contribution in [0.1, 0.15) is 28.9 Å². The van der Waals surface area contributed by atoms with Gasteiger partial charge in [-0.1, -0.05) is 35.1 Å². The Morgan fingerprint density at radius 3 is 2.55 bits per heavy atom. The number of thioether (sulfide) groups is 1. The molecule has 5 aromatic rings. The van der Waals surface area contributed by atoms with E-state index in [1.165, 1.54) is 11.1 Å². The molecule has 2 aromatic carbocycles. The van der Waals surface area contributed by atoms with E-state index in [1.807, 2.05) is 26.0 Å². The van der Waals surface area contributed by atoms with Gasteiger partial charge in [0.1, 0.15) is 0 Å². The second kappa shape index (κ2) is 10.7. The van der Waals surface area contributed by atoms with Crippen LogP contribution in [0, 0.1) is 13.8 Å². The van der Waals surface area contributed by atoms with Crippen molar-refractivity contribution in [2.45, 2.75) is 38.3 Å². The largest absolute Gasteiger partial charge is 0.356 e. The van der Waals surface area contributed by atoms with E-state index in [4.69, 9.17) is 4.52 Å². The van der Waals surface area contributed by atoms with Gasteiger partial charge in [-0.2, -0.15) is 0 Å². The van der Waals surface area contributed by atoms with Crippen LogP contribution >= 0.6 is 11.8 Å². The number of fused-ring (bicyclic) bond motifs is 2. The predicted octanol–water partition coefficient (Wildman–Crippen LogP) is 5.89. The minimum absolute atomic E-state index is 0.850. The van der Waals surface area contributed by atoms with Crippen LogP contribution < -0.4 is 0 Å². The summed E-state index contributed by atoms with van der Waals surface area (Å²) < 4.78 is 7.58. The van der Waals surface area contributed by atoms with Crippen LogP contribution in [0.3, 0.4) is 0 Å². The van der Waals surface area contributed by atoms with Gasteiger partial charge in [-0.05, 0) is 81.1 Å². The Morgan fingerprint density at radius 2 is 1.71 bits per heavy atom. The van der Waals surface area contributed by atoms with Crippen molar-refractivity contribution >= 4 is 22.7 Å². The van der Waals surface area contributed by atoms with E-state index >= 15 is 0 Å². The summed E-state index contributed by atoms with van der Waals surface area (Å²) in [5.41, 5.74) is 8.01. The second-order valence-electron chi connectivity index (χ2n) is 10.1. The van der Waals surface area contributed by atoms with Crippen LogP contribution in [-0.4, -0.2) is 55.2 Å². The summed E-state index contributed by atoms with van der Waals surface area (Å²) in [7, 11) is 2.05. The monoisotopic (exact) mass is 524 g/mol. The third-order valence-corrected chi connectivity index (χ3v) is 8.39. The average Bonchev–Trinajstić information content (AvgIpc) is 3.46. The number of aromatic nitrogens is 5. The number of rotatable bonds is 7. The van der Waals surface area contributed by atoms with E-state index in [1.54, 1.807) is 11.8 Å². The van der Waals surface area contributed by atoms with Crippen LogP contribution in [0.2, 0.25) is 0 Å². The predicted molar refractivity (Wildman–Crippen MR) is 152 cm³/mol. The fourth-order valence-electron chi connectivity index (χ4n) is 5.16. The molecule has 194 valence electrons. The Hall–Kier alpha value is -3.49. The first kappa shape index (κ1) is 24.8. The van der Waals surface area contributed by atoms with Crippen LogP contribution in [0.5, 0.6) is 0 Å². The third-order valence-electron chi connectivity index (χ3n) is 7.28. The number of nitrogens with zero attached hydrogens (tertiary/aromatic N) is 6. The molecule has 0 spiro atoms. The maximum absolute atomic E-state index is 5.47. The molecule has 7 nitrogen and oxygen atoms in total. The molecule has 0 fully saturated rings. The summed E-state index contributed by atoms with van der Waals surface area (Å²) in [4.78, 5) is 7.19.